The quantitative estimate of drug-likeness (QED) is 0.209. The molecule has 0 amide bonds. The predicted octanol–water partition coefficient (Wildman–Crippen LogP) is -4.77. The van der Waals surface area contributed by atoms with Crippen LogP contribution in [0.1, 0.15) is 6.92 Å². The number of nitrogens with two attached hydrogens (primary N) is 4. The lowest BCUT2D eigenvalue weighted by Gasteiger charge is -1.96. The second kappa shape index (κ2) is 19.7. The molecule has 0 aliphatic rings. The van der Waals surface area contributed by atoms with Gasteiger partial charge in [0, 0.05) is 0 Å². The molecule has 0 aliphatic carbocycles. The van der Waals surface area contributed by atoms with Crippen LogP contribution in [0, 0.1) is 0 Å². The molecule has 0 saturated carbocycles. The standard InChI is InChI=1S/2C3H7NO3.C3H7NO2.C2H5NO2/c2*4-2(1-5)3(6)7;1-2(4)3(5)6;3-1-2(4)5/h2*2,5H,1,4H2,(H,6,7);2H,4H2,1H3,(H,5,6);1,3H2,(H,4,5). The van der Waals surface area contributed by atoms with Gasteiger partial charge in [0.25, 0.3) is 0 Å². The van der Waals surface area contributed by atoms with E-state index in [1.54, 1.807) is 0 Å². The van der Waals surface area contributed by atoms with Gasteiger partial charge in [-0.2, -0.15) is 0 Å². The molecule has 14 N–H and O–H groups in total. The van der Waals surface area contributed by atoms with E-state index in [-0.39, 0.29) is 6.54 Å². The van der Waals surface area contributed by atoms with Crippen molar-refractivity contribution in [2.45, 2.75) is 25.0 Å². The Bertz CT molecular complexity index is 371. The first-order valence-electron chi connectivity index (χ1n) is 6.37. The summed E-state index contributed by atoms with van der Waals surface area (Å²) in [5.74, 6) is -4.29. The summed E-state index contributed by atoms with van der Waals surface area (Å²) in [5, 5.41) is 47.3. The summed E-state index contributed by atoms with van der Waals surface area (Å²) in [7, 11) is 0. The molecule has 0 aromatic heterocycles. The second-order valence-electron chi connectivity index (χ2n) is 3.98. The molecule has 0 heterocycles. The van der Waals surface area contributed by atoms with Crippen molar-refractivity contribution in [3.63, 3.8) is 0 Å². The molecular weight excluding hydrogens is 348 g/mol. The molecule has 0 aromatic carbocycles. The summed E-state index contributed by atoms with van der Waals surface area (Å²) in [6.07, 6.45) is 0. The zero-order valence-electron chi connectivity index (χ0n) is 13.5. The van der Waals surface area contributed by atoms with E-state index in [9.17, 15) is 19.2 Å². The minimum absolute atomic E-state index is 0.278. The Hall–Kier alpha value is -2.36. The number of aliphatic hydroxyl groups excluding tert-OH is 2. The molecule has 0 aliphatic heterocycles. The Morgan fingerprint density at radius 2 is 0.960 bits per heavy atom. The van der Waals surface area contributed by atoms with E-state index in [1.165, 1.54) is 6.92 Å². The lowest BCUT2D eigenvalue weighted by atomic mass is 10.3. The average molecular weight is 374 g/mol. The van der Waals surface area contributed by atoms with Crippen molar-refractivity contribution in [2.75, 3.05) is 19.8 Å². The highest BCUT2D eigenvalue weighted by atomic mass is 16.4. The number of aliphatic carboxylic acids is 4. The van der Waals surface area contributed by atoms with E-state index in [2.05, 4.69) is 5.73 Å². The van der Waals surface area contributed by atoms with Gasteiger partial charge in [0.2, 0.25) is 0 Å². The number of aliphatic hydroxyl groups is 2. The summed E-state index contributed by atoms with van der Waals surface area (Å²) in [5.41, 5.74) is 18.9. The first-order valence-corrected chi connectivity index (χ1v) is 6.37. The van der Waals surface area contributed by atoms with Gasteiger partial charge in [-0.3, -0.25) is 19.2 Å². The highest BCUT2D eigenvalue weighted by molar-refractivity contribution is 5.73. The Morgan fingerprint density at radius 1 is 0.760 bits per heavy atom. The topological polar surface area (TPSA) is 294 Å². The van der Waals surface area contributed by atoms with Crippen LogP contribution in [0.2, 0.25) is 0 Å². The Kier molecular flexibility index (Phi) is 24.0. The molecule has 150 valence electrons. The van der Waals surface area contributed by atoms with E-state index in [0.717, 1.165) is 0 Å². The van der Waals surface area contributed by atoms with Gasteiger partial charge in [-0.25, -0.2) is 0 Å². The Balaban J connectivity index is -0.000000119. The van der Waals surface area contributed by atoms with Crippen molar-refractivity contribution in [1.29, 1.82) is 0 Å². The van der Waals surface area contributed by atoms with Crippen LogP contribution in [0.25, 0.3) is 0 Å². The highest BCUT2D eigenvalue weighted by Gasteiger charge is 2.07. The fourth-order valence-corrected chi connectivity index (χ4v) is 0.156. The van der Waals surface area contributed by atoms with Crippen molar-refractivity contribution in [2.24, 2.45) is 22.9 Å². The van der Waals surface area contributed by atoms with E-state index in [0.29, 0.717) is 0 Å². The van der Waals surface area contributed by atoms with Crippen LogP contribution in [-0.4, -0.2) is 92.4 Å². The third kappa shape index (κ3) is 34.1. The van der Waals surface area contributed by atoms with Crippen LogP contribution in [-0.2, 0) is 19.2 Å². The summed E-state index contributed by atoms with van der Waals surface area (Å²) in [6.45, 7) is 0.132. The molecule has 3 unspecified atom stereocenters. The number of carboxylic acid groups (broad SMARTS) is 4. The molecule has 14 nitrogen and oxygen atoms in total. The van der Waals surface area contributed by atoms with Gasteiger partial charge in [-0.1, -0.05) is 0 Å². The SMILES string of the molecule is CC(N)C(=O)O.NC(CO)C(=O)O.NC(CO)C(=O)O.NCC(=O)O. The summed E-state index contributed by atoms with van der Waals surface area (Å²) >= 11 is 0. The van der Waals surface area contributed by atoms with Gasteiger partial charge in [-0.15, -0.1) is 0 Å². The maximum Gasteiger partial charge on any atom is 0.322 e. The molecule has 0 rings (SSSR count). The van der Waals surface area contributed by atoms with Crippen LogP contribution < -0.4 is 22.9 Å². The largest absolute Gasteiger partial charge is 0.480 e. The van der Waals surface area contributed by atoms with Gasteiger partial charge in [-0.05, 0) is 6.92 Å². The van der Waals surface area contributed by atoms with Gasteiger partial charge in [0.05, 0.1) is 19.8 Å². The summed E-state index contributed by atoms with van der Waals surface area (Å²) in [4.78, 5) is 38.1. The zero-order chi connectivity index (χ0) is 21.2. The molecule has 0 aromatic rings. The van der Waals surface area contributed by atoms with Crippen LogP contribution in [0.4, 0.5) is 0 Å². The van der Waals surface area contributed by atoms with E-state index < -0.39 is 55.2 Å². The minimum Gasteiger partial charge on any atom is -0.480 e. The molecule has 0 bridgehead atoms. The molecule has 0 spiro atoms. The zero-order valence-corrected chi connectivity index (χ0v) is 13.5. The lowest BCUT2D eigenvalue weighted by Crippen LogP contribution is -2.33. The van der Waals surface area contributed by atoms with Crippen molar-refractivity contribution in [1.82, 2.24) is 0 Å². The fraction of sp³-hybridized carbons (Fsp3) is 0.636. The van der Waals surface area contributed by atoms with Crippen LogP contribution in [0.15, 0.2) is 0 Å². The minimum atomic E-state index is -1.18. The van der Waals surface area contributed by atoms with Crippen molar-refractivity contribution in [3.8, 4) is 0 Å². The first-order chi connectivity index (χ1) is 11.3. The van der Waals surface area contributed by atoms with Crippen LogP contribution in [0.3, 0.4) is 0 Å². The van der Waals surface area contributed by atoms with Gasteiger partial charge < -0.3 is 53.6 Å². The molecule has 0 radical (unpaired) electrons. The Labute approximate surface area is 142 Å². The molecule has 14 heteroatoms. The van der Waals surface area contributed by atoms with E-state index in [4.69, 9.17) is 47.8 Å². The Morgan fingerprint density at radius 3 is 0.960 bits per heavy atom. The molecule has 0 saturated heterocycles. The smallest absolute Gasteiger partial charge is 0.322 e. The van der Waals surface area contributed by atoms with Crippen molar-refractivity contribution >= 4 is 23.9 Å². The van der Waals surface area contributed by atoms with Gasteiger partial charge in [0.1, 0.15) is 18.1 Å². The predicted molar refractivity (Wildman–Crippen MR) is 83.4 cm³/mol. The highest BCUT2D eigenvalue weighted by Crippen LogP contribution is 1.71. The third-order valence-electron chi connectivity index (χ3n) is 1.59. The second-order valence-corrected chi connectivity index (χ2v) is 3.98. The summed E-state index contributed by atoms with van der Waals surface area (Å²) < 4.78 is 0. The van der Waals surface area contributed by atoms with E-state index in [1.807, 2.05) is 0 Å². The average Bonchev–Trinajstić information content (AvgIpc) is 2.54. The van der Waals surface area contributed by atoms with E-state index >= 15 is 0 Å². The summed E-state index contributed by atoms with van der Waals surface area (Å²) in [6, 6.07) is -2.98. The van der Waals surface area contributed by atoms with Gasteiger partial charge >= 0.3 is 23.9 Å². The monoisotopic (exact) mass is 374 g/mol. The molecule has 3 atom stereocenters. The lowest BCUT2D eigenvalue weighted by molar-refractivity contribution is -0.140. The fourth-order valence-electron chi connectivity index (χ4n) is 0.156. The first kappa shape index (κ1) is 30.5. The molecule has 25 heavy (non-hydrogen) atoms. The number of rotatable bonds is 6. The maximum atomic E-state index is 9.65. The van der Waals surface area contributed by atoms with Crippen LogP contribution >= 0.6 is 0 Å². The van der Waals surface area contributed by atoms with Crippen LogP contribution in [0.5, 0.6) is 0 Å². The number of carboxylic acids is 4. The third-order valence-corrected chi connectivity index (χ3v) is 1.59. The molecule has 0 fully saturated rings. The van der Waals surface area contributed by atoms with Crippen molar-refractivity contribution in [3.05, 3.63) is 0 Å². The van der Waals surface area contributed by atoms with Crippen molar-refractivity contribution < 1.29 is 49.8 Å². The number of hydrogen-bond donors (Lipinski definition) is 10. The van der Waals surface area contributed by atoms with Gasteiger partial charge in [0.15, 0.2) is 0 Å². The normalized spacial score (nSPS) is 12.3. The number of hydrogen-bond acceptors (Lipinski definition) is 10. The number of carbonyl (C=O) groups is 4. The maximum absolute atomic E-state index is 9.65. The molecular formula is C11H26N4O10.